The van der Waals surface area contributed by atoms with Gasteiger partial charge in [0.15, 0.2) is 0 Å². The van der Waals surface area contributed by atoms with Crippen LogP contribution in [0.4, 0.5) is 4.79 Å². The zero-order valence-corrected chi connectivity index (χ0v) is 26.4. The summed E-state index contributed by atoms with van der Waals surface area (Å²) >= 11 is 0. The predicted molar refractivity (Wildman–Crippen MR) is 170 cm³/mol. The fourth-order valence-electron chi connectivity index (χ4n) is 5.42. The largest absolute Gasteiger partial charge is 0.450 e. The molecule has 1 saturated heterocycles. The van der Waals surface area contributed by atoms with Gasteiger partial charge in [-0.25, -0.2) is 4.79 Å². The number of benzene rings is 2. The molecule has 0 spiro atoms. The van der Waals surface area contributed by atoms with Gasteiger partial charge in [-0.05, 0) is 42.7 Å². The summed E-state index contributed by atoms with van der Waals surface area (Å²) in [6.07, 6.45) is 2.04. The Morgan fingerprint density at radius 3 is 2.07 bits per heavy atom. The molecule has 2 aromatic rings. The summed E-state index contributed by atoms with van der Waals surface area (Å²) in [5, 5.41) is 17.4. The molecule has 1 fully saturated rings. The number of likely N-dealkylation sites (tertiary alicyclic amines) is 1. The van der Waals surface area contributed by atoms with Crippen LogP contribution in [0.15, 0.2) is 60.7 Å². The van der Waals surface area contributed by atoms with Crippen molar-refractivity contribution in [3.63, 3.8) is 0 Å². The molecule has 5 atom stereocenters. The molecule has 0 bridgehead atoms. The van der Waals surface area contributed by atoms with Crippen molar-refractivity contribution in [2.75, 3.05) is 19.7 Å². The highest BCUT2D eigenvalue weighted by molar-refractivity contribution is 5.90. The van der Waals surface area contributed by atoms with Gasteiger partial charge in [0.05, 0.1) is 18.8 Å². The lowest BCUT2D eigenvalue weighted by atomic mass is 9.88. The maximum atomic E-state index is 14.0. The van der Waals surface area contributed by atoms with Crippen LogP contribution in [0.2, 0.25) is 0 Å². The topological polar surface area (TPSA) is 125 Å². The lowest BCUT2D eigenvalue weighted by molar-refractivity contribution is -0.141. The number of unbranched alkanes of at least 4 members (excludes halogenated alkanes) is 1. The zero-order valence-electron chi connectivity index (χ0n) is 26.4. The Morgan fingerprint density at radius 1 is 0.909 bits per heavy atom. The van der Waals surface area contributed by atoms with Crippen molar-refractivity contribution >= 4 is 23.7 Å². The highest BCUT2D eigenvalue weighted by Gasteiger charge is 2.35. The Hall–Kier alpha value is -3.72. The van der Waals surface area contributed by atoms with Gasteiger partial charge in [-0.2, -0.15) is 0 Å². The molecule has 44 heavy (non-hydrogen) atoms. The molecule has 3 unspecified atom stereocenters. The second kappa shape index (κ2) is 18.2. The van der Waals surface area contributed by atoms with Crippen molar-refractivity contribution < 1.29 is 29.0 Å². The number of hydrogen-bond donors (Lipinski definition) is 3. The van der Waals surface area contributed by atoms with Crippen molar-refractivity contribution in [1.82, 2.24) is 15.5 Å². The van der Waals surface area contributed by atoms with Crippen molar-refractivity contribution in [3.8, 4) is 0 Å². The molecule has 0 aromatic heterocycles. The number of rotatable bonds is 16. The fourth-order valence-corrected chi connectivity index (χ4v) is 5.42. The minimum Gasteiger partial charge on any atom is -0.450 e. The monoisotopic (exact) mass is 607 g/mol. The van der Waals surface area contributed by atoms with E-state index in [0.29, 0.717) is 45.2 Å². The third-order valence-electron chi connectivity index (χ3n) is 8.43. The molecule has 9 heteroatoms. The van der Waals surface area contributed by atoms with Crippen LogP contribution in [0.3, 0.4) is 0 Å². The van der Waals surface area contributed by atoms with E-state index in [2.05, 4.69) is 10.6 Å². The van der Waals surface area contributed by atoms with Gasteiger partial charge in [0.2, 0.25) is 11.8 Å². The summed E-state index contributed by atoms with van der Waals surface area (Å²) in [6, 6.07) is 17.7. The summed E-state index contributed by atoms with van der Waals surface area (Å²) in [7, 11) is 0. The van der Waals surface area contributed by atoms with E-state index in [-0.39, 0.29) is 36.5 Å². The quantitative estimate of drug-likeness (QED) is 0.242. The van der Waals surface area contributed by atoms with E-state index in [0.717, 1.165) is 24.0 Å². The lowest BCUT2D eigenvalue weighted by Crippen LogP contribution is -2.55. The van der Waals surface area contributed by atoms with Gasteiger partial charge < -0.3 is 25.4 Å². The van der Waals surface area contributed by atoms with Crippen LogP contribution in [-0.4, -0.2) is 71.6 Å². The van der Waals surface area contributed by atoms with Gasteiger partial charge in [-0.3, -0.25) is 14.4 Å². The highest BCUT2D eigenvalue weighted by atomic mass is 16.5. The normalized spacial score (nSPS) is 16.7. The maximum Gasteiger partial charge on any atom is 0.407 e. The molecule has 240 valence electrons. The van der Waals surface area contributed by atoms with Gasteiger partial charge in [0.1, 0.15) is 11.8 Å². The number of carbonyl (C=O) groups is 4. The molecule has 3 amide bonds. The standard InChI is InChI=1S/C35H49N3O6/c1-4-6-21-44-35(43)36-30(23-27-15-11-8-12-16-27)31(40)24-28(22-26-13-9-7-10-14-26)33(41)37-32(25(3)5-2)34(42)38-19-17-29(39)18-20-38/h7-16,25,28,30-32,40H,4-6,17-24H2,1-3H3,(H,36,43)(H,37,41)/t25-,28?,30?,31?,32-/m0/s1. The first-order valence-electron chi connectivity index (χ1n) is 16.0. The van der Waals surface area contributed by atoms with Crippen LogP contribution in [0.1, 0.15) is 70.4 Å². The van der Waals surface area contributed by atoms with Gasteiger partial charge in [0, 0.05) is 31.8 Å². The fraction of sp³-hybridized carbons (Fsp3) is 0.543. The van der Waals surface area contributed by atoms with E-state index in [9.17, 15) is 24.3 Å². The SMILES string of the molecule is CCCCOC(=O)NC(Cc1ccccc1)C(O)CC(Cc1ccccc1)C(=O)N[C@H](C(=O)N1CCC(=O)CC1)[C@@H](C)CC. The number of piperidine rings is 1. The van der Waals surface area contributed by atoms with Crippen LogP contribution in [0, 0.1) is 11.8 Å². The Bertz CT molecular complexity index is 1180. The molecular weight excluding hydrogens is 558 g/mol. The van der Waals surface area contributed by atoms with E-state index in [1.165, 1.54) is 0 Å². The van der Waals surface area contributed by atoms with Crippen molar-refractivity contribution in [3.05, 3.63) is 71.8 Å². The molecule has 3 N–H and O–H groups in total. The molecule has 0 radical (unpaired) electrons. The number of Topliss-reactive ketones (excluding diaryl/α,β-unsaturated/α-hetero) is 1. The first-order valence-corrected chi connectivity index (χ1v) is 16.0. The average Bonchev–Trinajstić information content (AvgIpc) is 3.03. The third-order valence-corrected chi connectivity index (χ3v) is 8.43. The molecular formula is C35H49N3O6. The van der Waals surface area contributed by atoms with Crippen LogP contribution in [0.5, 0.6) is 0 Å². The molecule has 0 aliphatic carbocycles. The third kappa shape index (κ3) is 11.1. The number of amides is 3. The van der Waals surface area contributed by atoms with E-state index >= 15 is 0 Å². The number of aliphatic hydroxyl groups is 1. The van der Waals surface area contributed by atoms with Crippen LogP contribution < -0.4 is 10.6 Å². The second-order valence-electron chi connectivity index (χ2n) is 11.9. The Morgan fingerprint density at radius 2 is 1.50 bits per heavy atom. The van der Waals surface area contributed by atoms with Crippen LogP contribution in [-0.2, 0) is 32.0 Å². The van der Waals surface area contributed by atoms with E-state index < -0.39 is 30.2 Å². The second-order valence-corrected chi connectivity index (χ2v) is 11.9. The minimum atomic E-state index is -1.07. The number of nitrogens with one attached hydrogen (secondary N) is 2. The van der Waals surface area contributed by atoms with E-state index in [4.69, 9.17) is 4.74 Å². The first kappa shape index (κ1) is 34.8. The number of hydrogen-bond acceptors (Lipinski definition) is 6. The van der Waals surface area contributed by atoms with Crippen molar-refractivity contribution in [2.24, 2.45) is 11.8 Å². The number of alkyl carbamates (subject to hydrolysis) is 1. The minimum absolute atomic E-state index is 0.0626. The van der Waals surface area contributed by atoms with Gasteiger partial charge in [-0.15, -0.1) is 0 Å². The number of carbonyl (C=O) groups excluding carboxylic acids is 4. The average molecular weight is 608 g/mol. The first-order chi connectivity index (χ1) is 21.2. The summed E-state index contributed by atoms with van der Waals surface area (Å²) in [6.45, 7) is 6.91. The highest BCUT2D eigenvalue weighted by Crippen LogP contribution is 2.21. The van der Waals surface area contributed by atoms with Gasteiger partial charge in [-0.1, -0.05) is 94.3 Å². The van der Waals surface area contributed by atoms with Gasteiger partial charge >= 0.3 is 6.09 Å². The molecule has 3 rings (SSSR count). The molecule has 1 aliphatic heterocycles. The molecule has 1 heterocycles. The predicted octanol–water partition coefficient (Wildman–Crippen LogP) is 4.46. The number of ketones is 1. The summed E-state index contributed by atoms with van der Waals surface area (Å²) in [5.74, 6) is -1.17. The maximum absolute atomic E-state index is 14.0. The summed E-state index contributed by atoms with van der Waals surface area (Å²) < 4.78 is 5.33. The number of nitrogens with zero attached hydrogens (tertiary/aromatic N) is 1. The van der Waals surface area contributed by atoms with Crippen molar-refractivity contribution in [2.45, 2.75) is 90.3 Å². The Kier molecular flexibility index (Phi) is 14.4. The van der Waals surface area contributed by atoms with Crippen LogP contribution >= 0.6 is 0 Å². The van der Waals surface area contributed by atoms with Crippen molar-refractivity contribution in [1.29, 1.82) is 0 Å². The zero-order chi connectivity index (χ0) is 31.9. The lowest BCUT2D eigenvalue weighted by Gasteiger charge is -2.34. The molecule has 2 aromatic carbocycles. The van der Waals surface area contributed by atoms with E-state index in [1.54, 1.807) is 4.90 Å². The Balaban J connectivity index is 1.82. The summed E-state index contributed by atoms with van der Waals surface area (Å²) in [4.78, 5) is 53.6. The molecule has 1 aliphatic rings. The number of ether oxygens (including phenoxy) is 1. The molecule has 9 nitrogen and oxygen atoms in total. The number of aliphatic hydroxyl groups excluding tert-OH is 1. The van der Waals surface area contributed by atoms with Gasteiger partial charge in [0.25, 0.3) is 0 Å². The smallest absolute Gasteiger partial charge is 0.407 e. The Labute approximate surface area is 261 Å². The van der Waals surface area contributed by atoms with Crippen LogP contribution in [0.25, 0.3) is 0 Å². The van der Waals surface area contributed by atoms with E-state index in [1.807, 2.05) is 81.4 Å². The summed E-state index contributed by atoms with van der Waals surface area (Å²) in [5.41, 5.74) is 1.85. The molecule has 0 saturated carbocycles.